The highest BCUT2D eigenvalue weighted by Gasteiger charge is 2.21. The highest BCUT2D eigenvalue weighted by molar-refractivity contribution is 7.99. The fraction of sp³-hybridized carbons (Fsp3) is 0.471. The van der Waals surface area contributed by atoms with Gasteiger partial charge in [-0.05, 0) is 38.3 Å². The first-order valence-corrected chi connectivity index (χ1v) is 9.06. The van der Waals surface area contributed by atoms with E-state index in [1.54, 1.807) is 11.8 Å². The van der Waals surface area contributed by atoms with Crippen LogP contribution >= 0.6 is 11.8 Å². The van der Waals surface area contributed by atoms with Gasteiger partial charge in [0.25, 0.3) is 0 Å². The minimum absolute atomic E-state index is 0.000593. The highest BCUT2D eigenvalue weighted by Crippen LogP contribution is 2.29. The van der Waals surface area contributed by atoms with E-state index in [0.717, 1.165) is 35.6 Å². The molecule has 0 N–H and O–H groups in total. The zero-order chi connectivity index (χ0) is 16.1. The van der Waals surface area contributed by atoms with Gasteiger partial charge in [-0.1, -0.05) is 30.0 Å². The predicted molar refractivity (Wildman–Crippen MR) is 92.9 cm³/mol. The van der Waals surface area contributed by atoms with E-state index in [1.807, 2.05) is 25.1 Å². The summed E-state index contributed by atoms with van der Waals surface area (Å²) < 4.78 is 2.13. The number of hydrogen-bond donors (Lipinski definition) is 0. The second-order valence-electron chi connectivity index (χ2n) is 5.84. The van der Waals surface area contributed by atoms with E-state index in [1.165, 1.54) is 19.3 Å². The number of aromatic nitrogens is 3. The van der Waals surface area contributed by atoms with Gasteiger partial charge < -0.3 is 4.90 Å². The van der Waals surface area contributed by atoms with Crippen molar-refractivity contribution in [3.05, 3.63) is 30.3 Å². The normalized spacial score (nSPS) is 16.1. The van der Waals surface area contributed by atoms with Crippen molar-refractivity contribution in [3.8, 4) is 11.8 Å². The Morgan fingerprint density at radius 1 is 1.17 bits per heavy atom. The lowest BCUT2D eigenvalue weighted by molar-refractivity contribution is 0.564. The van der Waals surface area contributed by atoms with Crippen molar-refractivity contribution in [1.82, 2.24) is 14.8 Å². The second kappa shape index (κ2) is 7.51. The Morgan fingerprint density at radius 2 is 1.91 bits per heavy atom. The Kier molecular flexibility index (Phi) is 5.19. The van der Waals surface area contributed by atoms with Crippen molar-refractivity contribution in [2.45, 2.75) is 31.3 Å². The van der Waals surface area contributed by atoms with Gasteiger partial charge in [-0.15, -0.1) is 10.2 Å². The molecule has 1 aliphatic rings. The van der Waals surface area contributed by atoms with E-state index in [2.05, 4.69) is 37.9 Å². The zero-order valence-electron chi connectivity index (χ0n) is 13.4. The van der Waals surface area contributed by atoms with E-state index in [9.17, 15) is 0 Å². The van der Waals surface area contributed by atoms with Gasteiger partial charge in [-0.2, -0.15) is 5.26 Å². The Bertz CT molecular complexity index is 670. The summed E-state index contributed by atoms with van der Waals surface area (Å²) in [5.74, 6) is 1.64. The lowest BCUT2D eigenvalue weighted by atomic mass is 10.1. The first-order chi connectivity index (χ1) is 11.3. The summed E-state index contributed by atoms with van der Waals surface area (Å²) in [5, 5.41) is 18.7. The molecule has 1 aromatic heterocycles. The standard InChI is InChI=1S/C17H21N5S/c1-14(12-18)13-23-17-20-19-16(21-10-6-3-7-11-21)22(17)15-8-4-2-5-9-15/h2,4-5,8-9,14H,3,6-7,10-11,13H2,1H3/t14-/m1/s1. The van der Waals surface area contributed by atoms with Gasteiger partial charge >= 0.3 is 0 Å². The van der Waals surface area contributed by atoms with Crippen LogP contribution in [-0.2, 0) is 0 Å². The van der Waals surface area contributed by atoms with Gasteiger partial charge in [0.15, 0.2) is 5.16 Å². The Morgan fingerprint density at radius 3 is 2.61 bits per heavy atom. The molecule has 0 spiro atoms. The highest BCUT2D eigenvalue weighted by atomic mass is 32.2. The summed E-state index contributed by atoms with van der Waals surface area (Å²) in [7, 11) is 0. The number of thioether (sulfide) groups is 1. The molecule has 1 aliphatic heterocycles. The molecule has 1 saturated heterocycles. The summed E-state index contributed by atoms with van der Waals surface area (Å²) in [6.45, 7) is 4.00. The number of rotatable bonds is 5. The van der Waals surface area contributed by atoms with E-state index in [-0.39, 0.29) is 5.92 Å². The van der Waals surface area contributed by atoms with Gasteiger partial charge in [0.2, 0.25) is 5.95 Å². The van der Waals surface area contributed by atoms with Crippen LogP contribution in [0.5, 0.6) is 0 Å². The van der Waals surface area contributed by atoms with Gasteiger partial charge in [0.05, 0.1) is 17.7 Å². The third kappa shape index (κ3) is 3.67. The number of nitrogens with zero attached hydrogens (tertiary/aromatic N) is 5. The van der Waals surface area contributed by atoms with Crippen molar-refractivity contribution in [2.75, 3.05) is 23.7 Å². The van der Waals surface area contributed by atoms with Crippen molar-refractivity contribution in [1.29, 1.82) is 5.26 Å². The van der Waals surface area contributed by atoms with Crippen LogP contribution in [0.25, 0.3) is 5.69 Å². The van der Waals surface area contributed by atoms with Crippen LogP contribution in [0.3, 0.4) is 0 Å². The topological polar surface area (TPSA) is 57.7 Å². The third-order valence-electron chi connectivity index (χ3n) is 3.95. The summed E-state index contributed by atoms with van der Waals surface area (Å²) >= 11 is 1.60. The number of nitriles is 1. The molecule has 0 aliphatic carbocycles. The smallest absolute Gasteiger partial charge is 0.232 e. The van der Waals surface area contributed by atoms with E-state index < -0.39 is 0 Å². The second-order valence-corrected chi connectivity index (χ2v) is 6.83. The largest absolute Gasteiger partial charge is 0.341 e. The molecule has 1 atom stereocenters. The fourth-order valence-electron chi connectivity index (χ4n) is 2.69. The average molecular weight is 327 g/mol. The van der Waals surface area contributed by atoms with Gasteiger partial charge in [0, 0.05) is 18.8 Å². The lowest BCUT2D eigenvalue weighted by Crippen LogP contribution is -2.31. The molecule has 1 aromatic carbocycles. The summed E-state index contributed by atoms with van der Waals surface area (Å²) in [6.07, 6.45) is 3.70. The molecule has 120 valence electrons. The van der Waals surface area contributed by atoms with Crippen LogP contribution in [0.4, 0.5) is 5.95 Å². The molecule has 6 heteroatoms. The fourth-order valence-corrected chi connectivity index (χ4v) is 3.58. The molecule has 0 bridgehead atoms. The Labute approximate surface area is 141 Å². The zero-order valence-corrected chi connectivity index (χ0v) is 14.2. The van der Waals surface area contributed by atoms with Crippen LogP contribution in [0, 0.1) is 17.2 Å². The summed E-state index contributed by atoms with van der Waals surface area (Å²) in [5.41, 5.74) is 1.07. The molecule has 0 unspecified atom stereocenters. The molecular formula is C17H21N5S. The minimum atomic E-state index is -0.000593. The van der Waals surface area contributed by atoms with E-state index in [0.29, 0.717) is 0 Å². The Balaban J connectivity index is 1.93. The summed E-state index contributed by atoms with van der Waals surface area (Å²) in [4.78, 5) is 2.32. The van der Waals surface area contributed by atoms with Gasteiger partial charge in [0.1, 0.15) is 0 Å². The van der Waals surface area contributed by atoms with Crippen LogP contribution in [-0.4, -0.2) is 33.6 Å². The van der Waals surface area contributed by atoms with Crippen molar-refractivity contribution < 1.29 is 0 Å². The first kappa shape index (κ1) is 15.9. The lowest BCUT2D eigenvalue weighted by Gasteiger charge is -2.27. The molecule has 23 heavy (non-hydrogen) atoms. The molecular weight excluding hydrogens is 306 g/mol. The average Bonchev–Trinajstić information content (AvgIpc) is 3.05. The molecule has 0 saturated carbocycles. The minimum Gasteiger partial charge on any atom is -0.341 e. The monoisotopic (exact) mass is 327 g/mol. The third-order valence-corrected chi connectivity index (χ3v) is 5.14. The number of benzene rings is 1. The molecule has 3 rings (SSSR count). The number of anilines is 1. The van der Waals surface area contributed by atoms with Crippen LogP contribution in [0.15, 0.2) is 35.5 Å². The number of hydrogen-bond acceptors (Lipinski definition) is 5. The quantitative estimate of drug-likeness (QED) is 0.787. The summed E-state index contributed by atoms with van der Waals surface area (Å²) in [6, 6.07) is 12.5. The maximum absolute atomic E-state index is 8.99. The molecule has 5 nitrogen and oxygen atoms in total. The number of para-hydroxylation sites is 1. The number of piperidine rings is 1. The maximum Gasteiger partial charge on any atom is 0.232 e. The van der Waals surface area contributed by atoms with Crippen molar-refractivity contribution in [2.24, 2.45) is 5.92 Å². The van der Waals surface area contributed by atoms with Crippen LogP contribution in [0.1, 0.15) is 26.2 Å². The molecule has 2 aromatic rings. The van der Waals surface area contributed by atoms with Crippen molar-refractivity contribution >= 4 is 17.7 Å². The van der Waals surface area contributed by atoms with Crippen molar-refractivity contribution in [3.63, 3.8) is 0 Å². The predicted octanol–water partition coefficient (Wildman–Crippen LogP) is 3.51. The maximum atomic E-state index is 8.99. The molecule has 0 radical (unpaired) electrons. The SMILES string of the molecule is C[C@H](C#N)CSc1nnc(N2CCCCC2)n1-c1ccccc1. The Hall–Kier alpha value is -2.00. The molecule has 1 fully saturated rings. The first-order valence-electron chi connectivity index (χ1n) is 8.08. The van der Waals surface area contributed by atoms with Crippen LogP contribution < -0.4 is 4.90 Å². The molecule has 2 heterocycles. The van der Waals surface area contributed by atoms with Crippen LogP contribution in [0.2, 0.25) is 0 Å². The molecule has 0 amide bonds. The van der Waals surface area contributed by atoms with E-state index in [4.69, 9.17) is 5.26 Å². The van der Waals surface area contributed by atoms with E-state index >= 15 is 0 Å². The van der Waals surface area contributed by atoms with Gasteiger partial charge in [-0.3, -0.25) is 4.57 Å². The van der Waals surface area contributed by atoms with Gasteiger partial charge in [-0.25, -0.2) is 0 Å².